The third-order valence-electron chi connectivity index (χ3n) is 4.11. The Balaban J connectivity index is 1.62. The Morgan fingerprint density at radius 3 is 2.72 bits per heavy atom. The van der Waals surface area contributed by atoms with E-state index in [0.29, 0.717) is 11.3 Å². The molecule has 1 aromatic carbocycles. The van der Waals surface area contributed by atoms with E-state index >= 15 is 0 Å². The Labute approximate surface area is 147 Å². The van der Waals surface area contributed by atoms with Crippen LogP contribution >= 0.6 is 11.3 Å². The van der Waals surface area contributed by atoms with Gasteiger partial charge in [-0.3, -0.25) is 23.7 Å². The van der Waals surface area contributed by atoms with Gasteiger partial charge in [0.05, 0.1) is 6.42 Å². The lowest BCUT2D eigenvalue weighted by atomic mass is 10.1. The number of esters is 1. The molecule has 2 aromatic rings. The van der Waals surface area contributed by atoms with Crippen molar-refractivity contribution in [2.45, 2.75) is 19.9 Å². The van der Waals surface area contributed by atoms with E-state index in [2.05, 4.69) is 0 Å². The van der Waals surface area contributed by atoms with E-state index in [4.69, 9.17) is 4.74 Å². The van der Waals surface area contributed by atoms with Gasteiger partial charge in [0.2, 0.25) is 5.91 Å². The van der Waals surface area contributed by atoms with Crippen LogP contribution in [0.2, 0.25) is 0 Å². The SMILES string of the molecule is Cc1csc(=O)n1CC(=O)OCC(=O)c1ccc2c(c1)CC(=O)N2C. The highest BCUT2D eigenvalue weighted by Gasteiger charge is 2.25. The number of benzene rings is 1. The molecule has 1 aromatic heterocycles. The summed E-state index contributed by atoms with van der Waals surface area (Å²) in [7, 11) is 1.69. The summed E-state index contributed by atoms with van der Waals surface area (Å²) in [5.41, 5.74) is 2.63. The molecule has 0 bridgehead atoms. The topological polar surface area (TPSA) is 85.7 Å². The first-order valence-corrected chi connectivity index (χ1v) is 8.48. The van der Waals surface area contributed by atoms with Crippen LogP contribution in [0.25, 0.3) is 0 Å². The monoisotopic (exact) mass is 360 g/mol. The molecule has 0 fully saturated rings. The molecule has 0 aliphatic carbocycles. The smallest absolute Gasteiger partial charge is 0.326 e. The van der Waals surface area contributed by atoms with Crippen LogP contribution in [0, 0.1) is 6.92 Å². The average molecular weight is 360 g/mol. The average Bonchev–Trinajstić information content (AvgIpc) is 3.05. The number of rotatable bonds is 5. The molecular weight excluding hydrogens is 344 g/mol. The van der Waals surface area contributed by atoms with Crippen molar-refractivity contribution in [3.63, 3.8) is 0 Å². The molecule has 0 spiro atoms. The van der Waals surface area contributed by atoms with Gasteiger partial charge in [0.25, 0.3) is 0 Å². The number of thiazole rings is 1. The number of amides is 1. The standard InChI is InChI=1S/C17H16N2O5S/c1-10-9-25-17(23)19(10)7-16(22)24-8-14(20)11-3-4-13-12(5-11)6-15(21)18(13)2/h3-5,9H,6-8H2,1-2H3. The van der Waals surface area contributed by atoms with E-state index in [-0.39, 0.29) is 29.5 Å². The number of carbonyl (C=O) groups is 3. The number of aryl methyl sites for hydroxylation is 1. The third kappa shape index (κ3) is 3.39. The molecule has 130 valence electrons. The zero-order valence-electron chi connectivity index (χ0n) is 13.8. The van der Waals surface area contributed by atoms with E-state index in [1.54, 1.807) is 42.5 Å². The Morgan fingerprint density at radius 1 is 1.28 bits per heavy atom. The second-order valence-corrected chi connectivity index (χ2v) is 6.61. The first-order chi connectivity index (χ1) is 11.9. The Kier molecular flexibility index (Phi) is 4.54. The summed E-state index contributed by atoms with van der Waals surface area (Å²) in [5, 5.41) is 1.66. The molecule has 0 N–H and O–H groups in total. The molecule has 2 heterocycles. The molecule has 1 amide bonds. The maximum Gasteiger partial charge on any atom is 0.326 e. The minimum absolute atomic E-state index is 0.0254. The predicted molar refractivity (Wildman–Crippen MR) is 92.2 cm³/mol. The predicted octanol–water partition coefficient (Wildman–Crippen LogP) is 1.16. The molecule has 0 unspecified atom stereocenters. The van der Waals surface area contributed by atoms with Gasteiger partial charge in [-0.25, -0.2) is 0 Å². The van der Waals surface area contributed by atoms with E-state index < -0.39 is 12.6 Å². The first kappa shape index (κ1) is 17.1. The molecule has 25 heavy (non-hydrogen) atoms. The summed E-state index contributed by atoms with van der Waals surface area (Å²) in [6, 6.07) is 4.97. The fourth-order valence-electron chi connectivity index (χ4n) is 2.64. The summed E-state index contributed by atoms with van der Waals surface area (Å²) in [4.78, 5) is 48.6. The first-order valence-electron chi connectivity index (χ1n) is 7.60. The van der Waals surface area contributed by atoms with Gasteiger partial charge in [-0.2, -0.15) is 0 Å². The highest BCUT2D eigenvalue weighted by Crippen LogP contribution is 2.28. The van der Waals surface area contributed by atoms with Crippen molar-refractivity contribution in [3.8, 4) is 0 Å². The summed E-state index contributed by atoms with van der Waals surface area (Å²) in [6.07, 6.45) is 0.257. The maximum atomic E-state index is 12.2. The van der Waals surface area contributed by atoms with Crippen LogP contribution in [0.1, 0.15) is 21.6 Å². The number of anilines is 1. The van der Waals surface area contributed by atoms with Gasteiger partial charge >= 0.3 is 10.8 Å². The maximum absolute atomic E-state index is 12.2. The number of hydrogen-bond donors (Lipinski definition) is 0. The van der Waals surface area contributed by atoms with Gasteiger partial charge in [0.1, 0.15) is 6.54 Å². The van der Waals surface area contributed by atoms with Gasteiger partial charge in [-0.1, -0.05) is 11.3 Å². The minimum Gasteiger partial charge on any atom is -0.456 e. The number of ether oxygens (including phenoxy) is 1. The number of hydrogen-bond acceptors (Lipinski definition) is 6. The van der Waals surface area contributed by atoms with E-state index in [9.17, 15) is 19.2 Å². The molecule has 0 atom stereocenters. The molecule has 1 aliphatic heterocycles. The lowest BCUT2D eigenvalue weighted by Crippen LogP contribution is -2.24. The number of ketones is 1. The highest BCUT2D eigenvalue weighted by atomic mass is 32.1. The highest BCUT2D eigenvalue weighted by molar-refractivity contribution is 7.07. The van der Waals surface area contributed by atoms with Crippen molar-refractivity contribution in [2.75, 3.05) is 18.6 Å². The number of likely N-dealkylation sites (N-methyl/N-ethyl adjacent to an activating group) is 1. The number of nitrogens with zero attached hydrogens (tertiary/aromatic N) is 2. The summed E-state index contributed by atoms with van der Waals surface area (Å²) < 4.78 is 6.28. The molecule has 3 rings (SSSR count). The number of Topliss-reactive ketones (excluding diaryl/α,β-unsaturated/α-hetero) is 1. The molecule has 0 radical (unpaired) electrons. The van der Waals surface area contributed by atoms with Gasteiger partial charge < -0.3 is 9.64 Å². The van der Waals surface area contributed by atoms with Gasteiger partial charge in [0, 0.05) is 29.4 Å². The van der Waals surface area contributed by atoms with Gasteiger partial charge in [0.15, 0.2) is 12.4 Å². The van der Waals surface area contributed by atoms with E-state index in [1.807, 2.05) is 0 Å². The van der Waals surface area contributed by atoms with Crippen LogP contribution in [0.5, 0.6) is 0 Å². The van der Waals surface area contributed by atoms with Crippen LogP contribution in [0.3, 0.4) is 0 Å². The van der Waals surface area contributed by atoms with Crippen LogP contribution in [0.4, 0.5) is 5.69 Å². The van der Waals surface area contributed by atoms with E-state index in [1.165, 1.54) is 4.57 Å². The number of aromatic nitrogens is 1. The van der Waals surface area contributed by atoms with Crippen molar-refractivity contribution in [1.29, 1.82) is 0 Å². The summed E-state index contributed by atoms with van der Waals surface area (Å²) in [6.45, 7) is 1.10. The minimum atomic E-state index is -0.645. The van der Waals surface area contributed by atoms with Crippen molar-refractivity contribution in [2.24, 2.45) is 0 Å². The second-order valence-electron chi connectivity index (χ2n) is 5.79. The van der Waals surface area contributed by atoms with Crippen molar-refractivity contribution < 1.29 is 19.1 Å². The fraction of sp³-hybridized carbons (Fsp3) is 0.294. The largest absolute Gasteiger partial charge is 0.456 e. The lowest BCUT2D eigenvalue weighted by molar-refractivity contribution is -0.143. The zero-order valence-corrected chi connectivity index (χ0v) is 14.6. The molecule has 7 nitrogen and oxygen atoms in total. The molecule has 8 heteroatoms. The van der Waals surface area contributed by atoms with Crippen molar-refractivity contribution in [3.05, 3.63) is 50.1 Å². The van der Waals surface area contributed by atoms with Crippen molar-refractivity contribution in [1.82, 2.24) is 4.57 Å². The van der Waals surface area contributed by atoms with Gasteiger partial charge in [-0.15, -0.1) is 0 Å². The second kappa shape index (κ2) is 6.64. The normalized spacial score (nSPS) is 13.0. The molecule has 0 saturated carbocycles. The quantitative estimate of drug-likeness (QED) is 0.590. The fourth-order valence-corrected chi connectivity index (χ4v) is 3.38. The number of carbonyl (C=O) groups excluding carboxylic acids is 3. The van der Waals surface area contributed by atoms with E-state index in [0.717, 1.165) is 22.6 Å². The Bertz CT molecular complexity index is 927. The number of fused-ring (bicyclic) bond motifs is 1. The van der Waals surface area contributed by atoms with Crippen molar-refractivity contribution >= 4 is 34.7 Å². The molecule has 1 aliphatic rings. The lowest BCUT2D eigenvalue weighted by Gasteiger charge is -2.10. The Hall–Kier alpha value is -2.74. The van der Waals surface area contributed by atoms with Crippen LogP contribution in [0.15, 0.2) is 28.4 Å². The molecule has 0 saturated heterocycles. The van der Waals surface area contributed by atoms with Crippen LogP contribution < -0.4 is 9.77 Å². The third-order valence-corrected chi connectivity index (χ3v) is 4.99. The molecular formula is C17H16N2O5S. The van der Waals surface area contributed by atoms with Crippen LogP contribution in [-0.4, -0.2) is 35.9 Å². The summed E-state index contributed by atoms with van der Waals surface area (Å²) in [5.74, 6) is -1.02. The van der Waals surface area contributed by atoms with Crippen LogP contribution in [-0.2, 0) is 27.3 Å². The van der Waals surface area contributed by atoms with Gasteiger partial charge in [-0.05, 0) is 30.7 Å². The Morgan fingerprint density at radius 2 is 2.04 bits per heavy atom. The zero-order chi connectivity index (χ0) is 18.1. The summed E-state index contributed by atoms with van der Waals surface area (Å²) >= 11 is 1.01.